The van der Waals surface area contributed by atoms with Gasteiger partial charge in [0.05, 0.1) is 12.2 Å². The van der Waals surface area contributed by atoms with Crippen molar-refractivity contribution in [2.24, 2.45) is 4.99 Å². The van der Waals surface area contributed by atoms with Gasteiger partial charge in [0.2, 0.25) is 5.91 Å². The molecule has 0 atom stereocenters. The zero-order valence-corrected chi connectivity index (χ0v) is 17.0. The summed E-state index contributed by atoms with van der Waals surface area (Å²) in [6.07, 6.45) is 2.11. The first-order valence-corrected chi connectivity index (χ1v) is 8.52. The van der Waals surface area contributed by atoms with Gasteiger partial charge in [-0.15, -0.1) is 24.0 Å². The van der Waals surface area contributed by atoms with Gasteiger partial charge in [0.15, 0.2) is 5.96 Å². The van der Waals surface area contributed by atoms with Crippen molar-refractivity contribution >= 4 is 41.5 Å². The maximum absolute atomic E-state index is 13.9. The number of halogens is 3. The average molecular weight is 479 g/mol. The Morgan fingerprint density at radius 2 is 1.92 bits per heavy atom. The van der Waals surface area contributed by atoms with Gasteiger partial charge in [0, 0.05) is 45.3 Å². The second-order valence-electron chi connectivity index (χ2n) is 6.31. The summed E-state index contributed by atoms with van der Waals surface area (Å²) in [4.78, 5) is 19.8. The van der Waals surface area contributed by atoms with Gasteiger partial charge in [-0.1, -0.05) is 0 Å². The molecular weight excluding hydrogens is 455 g/mol. The minimum Gasteiger partial charge on any atom is -0.366 e. The number of amides is 1. The van der Waals surface area contributed by atoms with Crippen molar-refractivity contribution < 1.29 is 13.6 Å². The van der Waals surface area contributed by atoms with Crippen LogP contribution in [0.4, 0.5) is 14.5 Å². The standard InChI is InChI=1S/C17H23F2N5O.HI/c1-20-17(21-11-16(25)22-13-3-4-13)24-8-6-23(7-9-24)15-10-12(18)2-5-14(15)19;/h2,5,10,13H,3-4,6-9,11H2,1H3,(H,20,21)(H,22,25);1H. The zero-order valence-electron chi connectivity index (χ0n) is 14.7. The largest absolute Gasteiger partial charge is 0.366 e. The monoisotopic (exact) mass is 479 g/mol. The van der Waals surface area contributed by atoms with Crippen LogP contribution in [0.25, 0.3) is 0 Å². The Balaban J connectivity index is 0.00000243. The lowest BCUT2D eigenvalue weighted by Crippen LogP contribution is -2.54. The molecule has 2 N–H and O–H groups in total. The van der Waals surface area contributed by atoms with Crippen LogP contribution in [-0.2, 0) is 4.79 Å². The first kappa shape index (κ1) is 20.7. The molecule has 0 radical (unpaired) electrons. The quantitative estimate of drug-likeness (QED) is 0.391. The van der Waals surface area contributed by atoms with Crippen LogP contribution in [0.3, 0.4) is 0 Å². The van der Waals surface area contributed by atoms with E-state index in [9.17, 15) is 13.6 Å². The molecule has 2 aliphatic rings. The number of anilines is 1. The van der Waals surface area contributed by atoms with Crippen LogP contribution in [0.2, 0.25) is 0 Å². The molecule has 144 valence electrons. The summed E-state index contributed by atoms with van der Waals surface area (Å²) in [6, 6.07) is 3.82. The smallest absolute Gasteiger partial charge is 0.239 e. The summed E-state index contributed by atoms with van der Waals surface area (Å²) in [5, 5.41) is 5.97. The van der Waals surface area contributed by atoms with Gasteiger partial charge < -0.3 is 20.4 Å². The van der Waals surface area contributed by atoms with E-state index in [1.165, 1.54) is 6.07 Å². The molecule has 0 unspecified atom stereocenters. The highest BCUT2D eigenvalue weighted by Crippen LogP contribution is 2.22. The molecule has 2 fully saturated rings. The number of carbonyl (C=O) groups excluding carboxylic acids is 1. The van der Waals surface area contributed by atoms with Gasteiger partial charge in [0.25, 0.3) is 0 Å². The minimum absolute atomic E-state index is 0. The highest BCUT2D eigenvalue weighted by Gasteiger charge is 2.24. The Morgan fingerprint density at radius 1 is 1.23 bits per heavy atom. The Hall–Kier alpha value is -1.65. The van der Waals surface area contributed by atoms with Crippen molar-refractivity contribution in [3.63, 3.8) is 0 Å². The summed E-state index contributed by atoms with van der Waals surface area (Å²) >= 11 is 0. The van der Waals surface area contributed by atoms with Crippen LogP contribution in [0.15, 0.2) is 23.2 Å². The fourth-order valence-corrected chi connectivity index (χ4v) is 2.89. The normalized spacial score (nSPS) is 17.6. The first-order chi connectivity index (χ1) is 12.1. The molecule has 0 spiro atoms. The Bertz CT molecular complexity index is 661. The lowest BCUT2D eigenvalue weighted by Gasteiger charge is -2.37. The summed E-state index contributed by atoms with van der Waals surface area (Å²) < 4.78 is 27.3. The third-order valence-electron chi connectivity index (χ3n) is 4.39. The summed E-state index contributed by atoms with van der Waals surface area (Å²) in [5.41, 5.74) is 0.284. The summed E-state index contributed by atoms with van der Waals surface area (Å²) in [6.45, 7) is 2.51. The molecule has 6 nitrogen and oxygen atoms in total. The molecule has 1 saturated heterocycles. The van der Waals surface area contributed by atoms with E-state index in [2.05, 4.69) is 15.6 Å². The molecule has 0 bridgehead atoms. The number of hydrogen-bond donors (Lipinski definition) is 2. The van der Waals surface area contributed by atoms with E-state index in [1.54, 1.807) is 7.05 Å². The van der Waals surface area contributed by atoms with Crippen LogP contribution in [0.5, 0.6) is 0 Å². The number of carbonyl (C=O) groups is 1. The third-order valence-corrected chi connectivity index (χ3v) is 4.39. The number of piperazine rings is 1. The highest BCUT2D eigenvalue weighted by molar-refractivity contribution is 14.0. The average Bonchev–Trinajstić information content (AvgIpc) is 3.42. The lowest BCUT2D eigenvalue weighted by molar-refractivity contribution is -0.120. The molecule has 9 heteroatoms. The van der Waals surface area contributed by atoms with E-state index in [0.717, 1.165) is 25.0 Å². The Morgan fingerprint density at radius 3 is 2.54 bits per heavy atom. The van der Waals surface area contributed by atoms with Gasteiger partial charge in [-0.3, -0.25) is 9.79 Å². The van der Waals surface area contributed by atoms with Crippen molar-refractivity contribution in [3.8, 4) is 0 Å². The lowest BCUT2D eigenvalue weighted by atomic mass is 10.2. The van der Waals surface area contributed by atoms with E-state index in [0.29, 0.717) is 38.2 Å². The van der Waals surface area contributed by atoms with Crippen LogP contribution in [0, 0.1) is 11.6 Å². The van der Waals surface area contributed by atoms with Gasteiger partial charge in [0.1, 0.15) is 11.6 Å². The van der Waals surface area contributed by atoms with E-state index in [4.69, 9.17) is 0 Å². The topological polar surface area (TPSA) is 60.0 Å². The van der Waals surface area contributed by atoms with Crippen LogP contribution in [0.1, 0.15) is 12.8 Å². The Labute approximate surface area is 169 Å². The van der Waals surface area contributed by atoms with E-state index in [1.807, 2.05) is 9.80 Å². The predicted octanol–water partition coefficient (Wildman–Crippen LogP) is 1.56. The Kier molecular flexibility index (Phi) is 7.42. The minimum atomic E-state index is -0.446. The number of nitrogens with zero attached hydrogens (tertiary/aromatic N) is 3. The fraction of sp³-hybridized carbons (Fsp3) is 0.529. The summed E-state index contributed by atoms with van der Waals surface area (Å²) in [7, 11) is 1.67. The van der Waals surface area contributed by atoms with Crippen molar-refractivity contribution in [2.75, 3.05) is 44.7 Å². The van der Waals surface area contributed by atoms with E-state index >= 15 is 0 Å². The zero-order chi connectivity index (χ0) is 17.8. The molecule has 1 heterocycles. The molecule has 1 aliphatic heterocycles. The number of nitrogens with one attached hydrogen (secondary N) is 2. The molecule has 1 aromatic carbocycles. The second kappa shape index (κ2) is 9.33. The predicted molar refractivity (Wildman–Crippen MR) is 108 cm³/mol. The van der Waals surface area contributed by atoms with Gasteiger partial charge >= 0.3 is 0 Å². The van der Waals surface area contributed by atoms with Crippen LogP contribution < -0.4 is 15.5 Å². The third kappa shape index (κ3) is 5.42. The van der Waals surface area contributed by atoms with Gasteiger partial charge in [-0.25, -0.2) is 8.78 Å². The number of benzene rings is 1. The molecule has 1 aromatic rings. The van der Waals surface area contributed by atoms with Crippen molar-refractivity contribution in [1.82, 2.24) is 15.5 Å². The molecule has 26 heavy (non-hydrogen) atoms. The number of hydrogen-bond acceptors (Lipinski definition) is 3. The molecule has 1 amide bonds. The highest BCUT2D eigenvalue weighted by atomic mass is 127. The maximum atomic E-state index is 13.9. The van der Waals surface area contributed by atoms with Crippen molar-refractivity contribution in [3.05, 3.63) is 29.8 Å². The number of guanidine groups is 1. The van der Waals surface area contributed by atoms with Gasteiger partial charge in [-0.05, 0) is 25.0 Å². The van der Waals surface area contributed by atoms with E-state index in [-0.39, 0.29) is 42.1 Å². The van der Waals surface area contributed by atoms with E-state index < -0.39 is 11.6 Å². The van der Waals surface area contributed by atoms with Crippen molar-refractivity contribution in [1.29, 1.82) is 0 Å². The number of aliphatic imine (C=N–C) groups is 1. The fourth-order valence-electron chi connectivity index (χ4n) is 2.89. The van der Waals surface area contributed by atoms with Crippen LogP contribution >= 0.6 is 24.0 Å². The molecule has 3 rings (SSSR count). The first-order valence-electron chi connectivity index (χ1n) is 8.52. The van der Waals surface area contributed by atoms with Crippen LogP contribution in [-0.4, -0.2) is 62.6 Å². The summed E-state index contributed by atoms with van der Waals surface area (Å²) in [5.74, 6) is -0.262. The maximum Gasteiger partial charge on any atom is 0.239 e. The second-order valence-corrected chi connectivity index (χ2v) is 6.31. The molecule has 1 aliphatic carbocycles. The number of rotatable bonds is 4. The molecule has 0 aromatic heterocycles. The van der Waals surface area contributed by atoms with Crippen molar-refractivity contribution in [2.45, 2.75) is 18.9 Å². The molecular formula is C17H24F2IN5O. The molecule has 1 saturated carbocycles. The van der Waals surface area contributed by atoms with Gasteiger partial charge in [-0.2, -0.15) is 0 Å². The SMILES string of the molecule is CN=C(NCC(=O)NC1CC1)N1CCN(c2cc(F)ccc2F)CC1.I.